The number of fused-ring (bicyclic) bond motifs is 9. The van der Waals surface area contributed by atoms with Crippen molar-refractivity contribution in [3.05, 3.63) is 167 Å². The molecule has 0 atom stereocenters. The van der Waals surface area contributed by atoms with Crippen LogP contribution in [0.15, 0.2) is 140 Å². The van der Waals surface area contributed by atoms with Gasteiger partial charge in [-0.05, 0) is 88.8 Å². The summed E-state index contributed by atoms with van der Waals surface area (Å²) in [5.74, 6) is 0. The lowest BCUT2D eigenvalue weighted by Crippen LogP contribution is -2.04. The number of rotatable bonds is 3. The normalized spacial score (nSPS) is 11.8. The molecule has 0 radical (unpaired) electrons. The van der Waals surface area contributed by atoms with E-state index in [9.17, 15) is 15.8 Å². The molecule has 5 heteroatoms. The van der Waals surface area contributed by atoms with Crippen LogP contribution in [0, 0.1) is 34.0 Å². The molecule has 0 saturated carbocycles. The molecule has 0 N–H and O–H groups in total. The van der Waals surface area contributed by atoms with Crippen molar-refractivity contribution in [3.8, 4) is 51.8 Å². The summed E-state index contributed by atoms with van der Waals surface area (Å²) in [6, 6.07) is 54.3. The highest BCUT2D eigenvalue weighted by atomic mass is 15.0. The van der Waals surface area contributed by atoms with Gasteiger partial charge in [-0.25, -0.2) is 0 Å². The van der Waals surface area contributed by atoms with Crippen LogP contribution in [0.5, 0.6) is 0 Å². The lowest BCUT2D eigenvalue weighted by molar-refractivity contribution is 1.15. The average molecular weight is 648 g/mol. The Kier molecular flexibility index (Phi) is 6.06. The first-order valence-corrected chi connectivity index (χ1v) is 16.8. The highest BCUT2D eigenvalue weighted by molar-refractivity contribution is 6.12. The van der Waals surface area contributed by atoms with Crippen LogP contribution in [0.4, 0.5) is 0 Å². The minimum Gasteiger partial charge on any atom is -0.308 e. The number of para-hydroxylation sites is 3. The van der Waals surface area contributed by atoms with Gasteiger partial charge < -0.3 is 9.13 Å². The van der Waals surface area contributed by atoms with Gasteiger partial charge in [0.05, 0.1) is 56.2 Å². The van der Waals surface area contributed by atoms with Gasteiger partial charge in [0, 0.05) is 27.1 Å². The zero-order chi connectivity index (χ0) is 34.2. The van der Waals surface area contributed by atoms with E-state index >= 15 is 0 Å². The fourth-order valence-electron chi connectivity index (χ4n) is 8.30. The van der Waals surface area contributed by atoms with Gasteiger partial charge in [-0.2, -0.15) is 15.8 Å². The summed E-state index contributed by atoms with van der Waals surface area (Å²) in [5.41, 5.74) is 13.0. The van der Waals surface area contributed by atoms with Gasteiger partial charge in [0.2, 0.25) is 0 Å². The maximum atomic E-state index is 10.7. The molecule has 2 aromatic heterocycles. The molecule has 0 saturated heterocycles. The number of hydrogen-bond acceptors (Lipinski definition) is 3. The van der Waals surface area contributed by atoms with E-state index in [1.807, 2.05) is 54.6 Å². The lowest BCUT2D eigenvalue weighted by atomic mass is 9.93. The smallest absolute Gasteiger partial charge is 0.101 e. The Morgan fingerprint density at radius 1 is 0.431 bits per heavy atom. The molecule has 2 heterocycles. The van der Waals surface area contributed by atoms with Crippen molar-refractivity contribution < 1.29 is 0 Å². The third-order valence-electron chi connectivity index (χ3n) is 10.5. The second-order valence-electron chi connectivity index (χ2n) is 13.0. The van der Waals surface area contributed by atoms with Crippen LogP contribution in [0.2, 0.25) is 0 Å². The van der Waals surface area contributed by atoms with Crippen molar-refractivity contribution in [2.75, 3.05) is 0 Å². The third kappa shape index (κ3) is 4.00. The molecule has 9 aromatic rings. The molecule has 51 heavy (non-hydrogen) atoms. The monoisotopic (exact) mass is 647 g/mol. The van der Waals surface area contributed by atoms with Crippen LogP contribution >= 0.6 is 0 Å². The number of nitrogens with zero attached hydrogens (tertiary/aromatic N) is 5. The maximum Gasteiger partial charge on any atom is 0.101 e. The van der Waals surface area contributed by atoms with E-state index in [0.717, 1.165) is 55.7 Å². The van der Waals surface area contributed by atoms with Gasteiger partial charge in [0.1, 0.15) is 12.1 Å². The molecule has 1 aliphatic rings. The molecule has 0 fully saturated rings. The number of nitriles is 3. The highest BCUT2D eigenvalue weighted by Gasteiger charge is 2.26. The van der Waals surface area contributed by atoms with Crippen molar-refractivity contribution in [3.63, 3.8) is 0 Å². The van der Waals surface area contributed by atoms with E-state index in [2.05, 4.69) is 100 Å². The molecule has 1 aliphatic carbocycles. The molecule has 0 unspecified atom stereocenters. The third-order valence-corrected chi connectivity index (χ3v) is 10.5. The van der Waals surface area contributed by atoms with Gasteiger partial charge in [-0.1, -0.05) is 84.9 Å². The largest absolute Gasteiger partial charge is 0.308 e. The van der Waals surface area contributed by atoms with E-state index in [1.165, 1.54) is 22.3 Å². The zero-order valence-electron chi connectivity index (χ0n) is 27.2. The molecule has 5 nitrogen and oxygen atoms in total. The summed E-state index contributed by atoms with van der Waals surface area (Å²) in [4.78, 5) is 0. The van der Waals surface area contributed by atoms with Gasteiger partial charge >= 0.3 is 0 Å². The molecule has 0 bridgehead atoms. The first kappa shape index (κ1) is 28.6. The average Bonchev–Trinajstić information content (AvgIpc) is 3.83. The van der Waals surface area contributed by atoms with Crippen LogP contribution in [-0.2, 0) is 6.42 Å². The molecule has 0 aliphatic heterocycles. The van der Waals surface area contributed by atoms with Crippen LogP contribution in [0.3, 0.4) is 0 Å². The van der Waals surface area contributed by atoms with Crippen molar-refractivity contribution >= 4 is 43.6 Å². The van der Waals surface area contributed by atoms with Gasteiger partial charge in [0.15, 0.2) is 0 Å². The van der Waals surface area contributed by atoms with E-state index in [1.54, 1.807) is 12.1 Å². The second-order valence-corrected chi connectivity index (χ2v) is 13.0. The first-order valence-electron chi connectivity index (χ1n) is 16.8. The number of hydrogen-bond donors (Lipinski definition) is 0. The summed E-state index contributed by atoms with van der Waals surface area (Å²) in [6.45, 7) is 0. The summed E-state index contributed by atoms with van der Waals surface area (Å²) >= 11 is 0. The second kappa shape index (κ2) is 10.8. The van der Waals surface area contributed by atoms with Crippen LogP contribution in [-0.4, -0.2) is 9.13 Å². The SMILES string of the molecule is N#Cc1cc(-c2c(C#N)ccc(C#N)c2-n2c3ccccc3c3cc4c(cc32)Cc2ccccc2-4)ccc1-n1c2ccccc2c2ccccc21. The van der Waals surface area contributed by atoms with Crippen molar-refractivity contribution in [2.24, 2.45) is 0 Å². The lowest BCUT2D eigenvalue weighted by Gasteiger charge is -2.18. The highest BCUT2D eigenvalue weighted by Crippen LogP contribution is 2.45. The number of benzene rings is 7. The van der Waals surface area contributed by atoms with E-state index < -0.39 is 0 Å². The molecule has 234 valence electrons. The van der Waals surface area contributed by atoms with E-state index in [4.69, 9.17) is 0 Å². The Morgan fingerprint density at radius 2 is 1.02 bits per heavy atom. The van der Waals surface area contributed by atoms with Crippen molar-refractivity contribution in [1.82, 2.24) is 9.13 Å². The Balaban J connectivity index is 1.26. The minimum atomic E-state index is 0.428. The van der Waals surface area contributed by atoms with Crippen molar-refractivity contribution in [1.29, 1.82) is 15.8 Å². The Hall–Kier alpha value is -7.39. The maximum absolute atomic E-state index is 10.7. The standard InChI is InChI=1S/C46H25N5/c47-25-30-17-18-31(26-48)46(51-43-16-8-5-13-37(43)39-24-38-32(23-44(39)51)21-28-9-1-2-10-34(28)38)45(30)29-19-20-40(33(22-29)27-49)50-41-14-6-3-11-35(41)36-12-4-7-15-42(36)50/h1-20,22-24H,21H2. The first-order chi connectivity index (χ1) is 25.2. The minimum absolute atomic E-state index is 0.428. The van der Waals surface area contributed by atoms with Crippen LogP contribution in [0.25, 0.3) is 77.2 Å². The van der Waals surface area contributed by atoms with Crippen LogP contribution in [0.1, 0.15) is 27.8 Å². The summed E-state index contributed by atoms with van der Waals surface area (Å²) < 4.78 is 4.28. The molecule has 0 amide bonds. The summed E-state index contributed by atoms with van der Waals surface area (Å²) in [5, 5.41) is 36.3. The Morgan fingerprint density at radius 3 is 1.71 bits per heavy atom. The van der Waals surface area contributed by atoms with Gasteiger partial charge in [-0.3, -0.25) is 0 Å². The van der Waals surface area contributed by atoms with Gasteiger partial charge in [0.25, 0.3) is 0 Å². The molecule has 10 rings (SSSR count). The molecule has 0 spiro atoms. The summed E-state index contributed by atoms with van der Waals surface area (Å²) in [7, 11) is 0. The van der Waals surface area contributed by atoms with Crippen molar-refractivity contribution in [2.45, 2.75) is 6.42 Å². The fraction of sp³-hybridized carbons (Fsp3) is 0.0217. The Bertz CT molecular complexity index is 3040. The van der Waals surface area contributed by atoms with E-state index in [0.29, 0.717) is 33.5 Å². The summed E-state index contributed by atoms with van der Waals surface area (Å²) in [6.07, 6.45) is 0.828. The van der Waals surface area contributed by atoms with Gasteiger partial charge in [-0.15, -0.1) is 0 Å². The van der Waals surface area contributed by atoms with E-state index in [-0.39, 0.29) is 0 Å². The predicted molar refractivity (Wildman–Crippen MR) is 203 cm³/mol. The van der Waals surface area contributed by atoms with Crippen LogP contribution < -0.4 is 0 Å². The molecular formula is C46H25N5. The molecular weight excluding hydrogens is 623 g/mol. The topological polar surface area (TPSA) is 81.2 Å². The Labute approximate surface area is 293 Å². The number of aromatic nitrogens is 2. The zero-order valence-corrected chi connectivity index (χ0v) is 27.2. The fourth-order valence-corrected chi connectivity index (χ4v) is 8.30. The predicted octanol–water partition coefficient (Wildman–Crippen LogP) is 10.7. The quantitative estimate of drug-likeness (QED) is 0.191. The molecule has 7 aromatic carbocycles.